The Morgan fingerprint density at radius 3 is 2.31 bits per heavy atom. The van der Waals surface area contributed by atoms with Crippen molar-refractivity contribution in [3.05, 3.63) is 35.2 Å². The fourth-order valence-corrected chi connectivity index (χ4v) is 3.31. The van der Waals surface area contributed by atoms with Gasteiger partial charge < -0.3 is 15.5 Å². The first-order valence-corrected chi connectivity index (χ1v) is 9.76. The molecule has 11 heteroatoms. The number of thiazole rings is 1. The van der Waals surface area contributed by atoms with Crippen LogP contribution >= 0.6 is 11.3 Å². The molecular weight excluding hydrogens is 398 g/mol. The summed E-state index contributed by atoms with van der Waals surface area (Å²) in [5.74, 6) is -0.153. The van der Waals surface area contributed by atoms with E-state index in [9.17, 15) is 14.4 Å². The number of carbonyl (C=O) groups is 3. The van der Waals surface area contributed by atoms with E-state index in [1.54, 1.807) is 0 Å². The van der Waals surface area contributed by atoms with Crippen molar-refractivity contribution in [1.29, 1.82) is 0 Å². The molecule has 0 spiro atoms. The first-order valence-electron chi connectivity index (χ1n) is 8.88. The van der Waals surface area contributed by atoms with Crippen molar-refractivity contribution in [2.24, 2.45) is 0 Å². The molecule has 0 radical (unpaired) electrons. The fourth-order valence-electron chi connectivity index (χ4n) is 2.54. The van der Waals surface area contributed by atoms with Gasteiger partial charge in [-0.25, -0.2) is 14.6 Å². The Morgan fingerprint density at radius 1 is 1.07 bits per heavy atom. The highest BCUT2D eigenvalue weighted by molar-refractivity contribution is 7.14. The van der Waals surface area contributed by atoms with Gasteiger partial charge in [0.15, 0.2) is 11.4 Å². The number of rotatable bonds is 10. The van der Waals surface area contributed by atoms with Crippen LogP contribution in [0, 0.1) is 0 Å². The zero-order valence-corrected chi connectivity index (χ0v) is 16.6. The van der Waals surface area contributed by atoms with E-state index < -0.39 is 18.5 Å². The maximum absolute atomic E-state index is 11.1. The van der Waals surface area contributed by atoms with Gasteiger partial charge in [0.05, 0.1) is 5.69 Å². The molecule has 1 aromatic heterocycles. The van der Waals surface area contributed by atoms with E-state index in [1.807, 2.05) is 40.3 Å². The maximum Gasteiger partial charge on any atom is 0.407 e. The molecular formula is C18H23N5O5S. The van der Waals surface area contributed by atoms with Crippen molar-refractivity contribution >= 4 is 34.6 Å². The van der Waals surface area contributed by atoms with Crippen molar-refractivity contribution in [3.8, 4) is 11.3 Å². The third-order valence-corrected chi connectivity index (χ3v) is 4.57. The van der Waals surface area contributed by atoms with Gasteiger partial charge in [0, 0.05) is 17.9 Å². The Bertz CT molecular complexity index is 823. The van der Waals surface area contributed by atoms with Crippen molar-refractivity contribution in [3.63, 3.8) is 0 Å². The molecule has 156 valence electrons. The van der Waals surface area contributed by atoms with Crippen molar-refractivity contribution in [2.45, 2.75) is 32.5 Å². The van der Waals surface area contributed by atoms with E-state index in [1.165, 1.54) is 18.3 Å². The molecule has 0 bridgehead atoms. The highest BCUT2D eigenvalue weighted by atomic mass is 32.1. The van der Waals surface area contributed by atoms with E-state index in [0.717, 1.165) is 36.1 Å². The highest BCUT2D eigenvalue weighted by Gasteiger charge is 2.12. The summed E-state index contributed by atoms with van der Waals surface area (Å²) in [4.78, 5) is 36.7. The lowest BCUT2D eigenvalue weighted by Gasteiger charge is -2.18. The highest BCUT2D eigenvalue weighted by Crippen LogP contribution is 2.25. The molecule has 0 saturated carbocycles. The van der Waals surface area contributed by atoms with Gasteiger partial charge in [-0.2, -0.15) is 0 Å². The molecule has 0 aliphatic carbocycles. The van der Waals surface area contributed by atoms with Crippen molar-refractivity contribution < 1.29 is 24.6 Å². The van der Waals surface area contributed by atoms with Crippen LogP contribution in [0.15, 0.2) is 29.6 Å². The van der Waals surface area contributed by atoms with Gasteiger partial charge in [-0.3, -0.25) is 20.7 Å². The predicted octanol–water partition coefficient (Wildman–Crippen LogP) is 2.50. The Hall–Kier alpha value is -3.18. The third kappa shape index (κ3) is 8.15. The van der Waals surface area contributed by atoms with Crippen LogP contribution in [0.3, 0.4) is 0 Å². The largest absolute Gasteiger partial charge is 0.465 e. The lowest BCUT2D eigenvalue weighted by atomic mass is 10.1. The molecule has 1 aromatic carbocycles. The molecule has 0 atom stereocenters. The number of benzene rings is 1. The number of hydrogen-bond donors (Lipinski definition) is 6. The van der Waals surface area contributed by atoms with Crippen LogP contribution in [-0.4, -0.2) is 46.1 Å². The topological polar surface area (TPSA) is 153 Å². The van der Waals surface area contributed by atoms with Gasteiger partial charge in [0.2, 0.25) is 5.91 Å². The minimum atomic E-state index is -1.32. The van der Waals surface area contributed by atoms with E-state index in [0.29, 0.717) is 11.7 Å². The summed E-state index contributed by atoms with van der Waals surface area (Å²) in [5.41, 5.74) is 2.91. The first-order chi connectivity index (χ1) is 13.8. The number of amides is 3. The van der Waals surface area contributed by atoms with Gasteiger partial charge in [-0.05, 0) is 31.4 Å². The summed E-state index contributed by atoms with van der Waals surface area (Å²) in [5, 5.41) is 29.4. The summed E-state index contributed by atoms with van der Waals surface area (Å²) in [6.45, 7) is 1.89. The minimum absolute atomic E-state index is 0.153. The van der Waals surface area contributed by atoms with Crippen LogP contribution in [-0.2, 0) is 11.2 Å². The molecule has 6 N–H and O–H groups in total. The summed E-state index contributed by atoms with van der Waals surface area (Å²) in [6.07, 6.45) is -1.26. The number of nitrogens with one attached hydrogen (secondary N) is 4. The van der Waals surface area contributed by atoms with Crippen LogP contribution in [0.2, 0.25) is 0 Å². The summed E-state index contributed by atoms with van der Waals surface area (Å²) < 4.78 is 0. The van der Waals surface area contributed by atoms with Crippen molar-refractivity contribution in [2.75, 3.05) is 11.9 Å². The smallest absolute Gasteiger partial charge is 0.407 e. The summed E-state index contributed by atoms with van der Waals surface area (Å²) >= 11 is 1.37. The molecule has 10 nitrogen and oxygen atoms in total. The number of aromatic nitrogens is 1. The number of carboxylic acid groups (broad SMARTS) is 2. The average molecular weight is 421 g/mol. The zero-order valence-electron chi connectivity index (χ0n) is 15.8. The van der Waals surface area contributed by atoms with Gasteiger partial charge in [-0.15, -0.1) is 11.3 Å². The van der Waals surface area contributed by atoms with E-state index in [4.69, 9.17) is 10.2 Å². The zero-order chi connectivity index (χ0) is 21.2. The number of aryl methyl sites for hydroxylation is 1. The SMILES string of the molecule is CC(=O)Nc1nc(-c2ccc(CCCCNC(NC(=O)O)NC(=O)O)cc2)cs1. The normalized spacial score (nSPS) is 10.6. The van der Waals surface area contributed by atoms with Crippen LogP contribution in [0.5, 0.6) is 0 Å². The fraction of sp³-hybridized carbons (Fsp3) is 0.333. The average Bonchev–Trinajstić information content (AvgIpc) is 3.08. The molecule has 0 fully saturated rings. The quantitative estimate of drug-likeness (QED) is 0.254. The summed E-state index contributed by atoms with van der Waals surface area (Å²) in [6, 6.07) is 7.98. The molecule has 29 heavy (non-hydrogen) atoms. The second-order valence-electron chi connectivity index (χ2n) is 6.16. The predicted molar refractivity (Wildman–Crippen MR) is 109 cm³/mol. The molecule has 2 aromatic rings. The Kier molecular flexibility index (Phi) is 8.37. The molecule has 2 rings (SSSR count). The first kappa shape index (κ1) is 22.1. The second kappa shape index (κ2) is 11.0. The van der Waals surface area contributed by atoms with Crippen LogP contribution in [0.25, 0.3) is 11.3 Å². The standard InChI is InChI=1S/C18H23N5O5S/c1-11(24)20-16-21-14(10-29-16)13-7-5-12(6-8-13)4-2-3-9-19-15(22-17(25)26)23-18(27)28/h5-8,10,15,19,22-23H,2-4,9H2,1H3,(H,25,26)(H,27,28)(H,20,21,24). The number of nitrogens with zero attached hydrogens (tertiary/aromatic N) is 1. The lowest BCUT2D eigenvalue weighted by molar-refractivity contribution is -0.114. The van der Waals surface area contributed by atoms with E-state index >= 15 is 0 Å². The third-order valence-electron chi connectivity index (χ3n) is 3.81. The Labute approximate surface area is 171 Å². The molecule has 0 unspecified atom stereocenters. The van der Waals surface area contributed by atoms with Crippen LogP contribution in [0.4, 0.5) is 14.7 Å². The number of anilines is 1. The monoisotopic (exact) mass is 421 g/mol. The second-order valence-corrected chi connectivity index (χ2v) is 7.02. The Balaban J connectivity index is 1.75. The van der Waals surface area contributed by atoms with Gasteiger partial charge in [0.25, 0.3) is 0 Å². The van der Waals surface area contributed by atoms with Gasteiger partial charge in [-0.1, -0.05) is 24.3 Å². The number of carbonyl (C=O) groups excluding carboxylic acids is 1. The lowest BCUT2D eigenvalue weighted by Crippen LogP contribution is -2.56. The minimum Gasteiger partial charge on any atom is -0.465 e. The molecule has 0 saturated heterocycles. The molecule has 3 amide bonds. The number of unbranched alkanes of at least 4 members (excludes halogenated alkanes) is 1. The summed E-state index contributed by atoms with van der Waals surface area (Å²) in [7, 11) is 0. The Morgan fingerprint density at radius 2 is 1.72 bits per heavy atom. The molecule has 0 aliphatic heterocycles. The van der Waals surface area contributed by atoms with Gasteiger partial charge >= 0.3 is 12.2 Å². The van der Waals surface area contributed by atoms with Crippen LogP contribution < -0.4 is 21.3 Å². The molecule has 0 aliphatic rings. The molecule has 1 heterocycles. The van der Waals surface area contributed by atoms with E-state index in [2.05, 4.69) is 15.6 Å². The number of hydrogen-bond acceptors (Lipinski definition) is 6. The van der Waals surface area contributed by atoms with Crippen LogP contribution in [0.1, 0.15) is 25.3 Å². The maximum atomic E-state index is 11.1. The van der Waals surface area contributed by atoms with Crippen molar-refractivity contribution in [1.82, 2.24) is 20.9 Å². The van der Waals surface area contributed by atoms with Gasteiger partial charge in [0.1, 0.15) is 0 Å². The van der Waals surface area contributed by atoms with E-state index in [-0.39, 0.29) is 5.91 Å².